The third-order valence-corrected chi connectivity index (χ3v) is 1.88. The van der Waals surface area contributed by atoms with Crippen molar-refractivity contribution in [3.8, 4) is 0 Å². The number of unbranched alkanes of at least 4 members (excludes halogenated alkanes) is 2. The van der Waals surface area contributed by atoms with Crippen LogP contribution in [0.3, 0.4) is 0 Å². The lowest BCUT2D eigenvalue weighted by molar-refractivity contribution is -0.118. The van der Waals surface area contributed by atoms with E-state index in [0.717, 1.165) is 19.3 Å². The Labute approximate surface area is 74.3 Å². The Hall–Kier alpha value is -0.660. The van der Waals surface area contributed by atoms with Crippen LogP contribution in [0, 0.1) is 0 Å². The minimum absolute atomic E-state index is 0.247. The van der Waals surface area contributed by atoms with Gasteiger partial charge in [-0.05, 0) is 19.8 Å². The van der Waals surface area contributed by atoms with Crippen LogP contribution in [0.15, 0.2) is 0 Å². The maximum atomic E-state index is 10.8. The molecule has 0 saturated carbocycles. The molecule has 2 nitrogen and oxygen atoms in total. The first-order valence-electron chi connectivity index (χ1n) is 4.68. The Morgan fingerprint density at radius 3 is 2.08 bits per heavy atom. The van der Waals surface area contributed by atoms with Crippen molar-refractivity contribution in [2.24, 2.45) is 0 Å². The highest BCUT2D eigenvalue weighted by Gasteiger charge is 1.98. The Bertz CT molecular complexity index is 150. The third-order valence-electron chi connectivity index (χ3n) is 1.88. The van der Waals surface area contributed by atoms with E-state index in [1.54, 1.807) is 6.92 Å². The van der Waals surface area contributed by atoms with Gasteiger partial charge in [0.05, 0.1) is 0 Å². The average Bonchev–Trinajstić information content (AvgIpc) is 2.03. The second-order valence-electron chi connectivity index (χ2n) is 3.15. The third kappa shape index (κ3) is 7.45. The van der Waals surface area contributed by atoms with Crippen molar-refractivity contribution < 1.29 is 9.59 Å². The molecule has 0 atom stereocenters. The molecule has 0 bridgehead atoms. The van der Waals surface area contributed by atoms with Gasteiger partial charge < -0.3 is 4.79 Å². The molecule has 0 fully saturated rings. The summed E-state index contributed by atoms with van der Waals surface area (Å²) in [5, 5.41) is 0. The van der Waals surface area contributed by atoms with Gasteiger partial charge >= 0.3 is 0 Å². The largest absolute Gasteiger partial charge is 0.300 e. The van der Waals surface area contributed by atoms with E-state index in [1.807, 2.05) is 6.92 Å². The molecule has 0 saturated heterocycles. The zero-order valence-electron chi connectivity index (χ0n) is 8.06. The molecule has 0 heterocycles. The highest BCUT2D eigenvalue weighted by Crippen LogP contribution is 2.04. The van der Waals surface area contributed by atoms with Gasteiger partial charge in [0.2, 0.25) is 0 Å². The molecule has 0 aliphatic rings. The highest BCUT2D eigenvalue weighted by atomic mass is 16.1. The highest BCUT2D eigenvalue weighted by molar-refractivity contribution is 5.78. The molecule has 0 rings (SSSR count). The monoisotopic (exact) mass is 170 g/mol. The van der Waals surface area contributed by atoms with Crippen molar-refractivity contribution in [3.05, 3.63) is 0 Å². The van der Waals surface area contributed by atoms with Crippen LogP contribution in [0.1, 0.15) is 52.4 Å². The first kappa shape index (κ1) is 11.3. The van der Waals surface area contributed by atoms with Crippen LogP contribution in [0.4, 0.5) is 0 Å². The lowest BCUT2D eigenvalue weighted by Gasteiger charge is -1.97. The van der Waals surface area contributed by atoms with E-state index >= 15 is 0 Å². The van der Waals surface area contributed by atoms with E-state index < -0.39 is 0 Å². The van der Waals surface area contributed by atoms with E-state index in [2.05, 4.69) is 0 Å². The van der Waals surface area contributed by atoms with E-state index in [-0.39, 0.29) is 5.78 Å². The molecule has 0 aliphatic heterocycles. The van der Waals surface area contributed by atoms with E-state index in [0.29, 0.717) is 25.0 Å². The smallest absolute Gasteiger partial charge is 0.132 e. The molecule has 0 aromatic carbocycles. The summed E-state index contributed by atoms with van der Waals surface area (Å²) >= 11 is 0. The summed E-state index contributed by atoms with van der Waals surface area (Å²) in [6.07, 6.45) is 4.89. The minimum atomic E-state index is 0.247. The van der Waals surface area contributed by atoms with Gasteiger partial charge in [-0.25, -0.2) is 0 Å². The summed E-state index contributed by atoms with van der Waals surface area (Å²) in [6.45, 7) is 3.50. The summed E-state index contributed by atoms with van der Waals surface area (Å²) in [4.78, 5) is 21.4. The van der Waals surface area contributed by atoms with Crippen LogP contribution in [-0.4, -0.2) is 11.6 Å². The summed E-state index contributed by atoms with van der Waals surface area (Å²) < 4.78 is 0. The standard InChI is InChI=1S/C10H18O2/c1-3-10(12)8-6-4-5-7-9(2)11/h3-8H2,1-2H3. The van der Waals surface area contributed by atoms with Crippen LogP contribution in [0.25, 0.3) is 0 Å². The lowest BCUT2D eigenvalue weighted by Crippen LogP contribution is -1.95. The number of rotatable bonds is 7. The lowest BCUT2D eigenvalue weighted by atomic mass is 10.1. The average molecular weight is 170 g/mol. The summed E-state index contributed by atoms with van der Waals surface area (Å²) in [5.41, 5.74) is 0. The van der Waals surface area contributed by atoms with Crippen LogP contribution >= 0.6 is 0 Å². The zero-order valence-corrected chi connectivity index (χ0v) is 8.06. The maximum Gasteiger partial charge on any atom is 0.132 e. The molecule has 0 radical (unpaired) electrons. The molecule has 0 unspecified atom stereocenters. The van der Waals surface area contributed by atoms with Crippen molar-refractivity contribution in [3.63, 3.8) is 0 Å². The molecule has 0 aromatic rings. The number of carbonyl (C=O) groups excluding carboxylic acids is 2. The number of carbonyl (C=O) groups is 2. The van der Waals surface area contributed by atoms with Gasteiger partial charge in [0.1, 0.15) is 11.6 Å². The van der Waals surface area contributed by atoms with Gasteiger partial charge in [-0.3, -0.25) is 4.79 Å². The second kappa shape index (κ2) is 7.01. The molecule has 12 heavy (non-hydrogen) atoms. The fourth-order valence-electron chi connectivity index (χ4n) is 1.05. The normalized spacial score (nSPS) is 9.83. The van der Waals surface area contributed by atoms with Crippen LogP contribution in [0.5, 0.6) is 0 Å². The van der Waals surface area contributed by atoms with Gasteiger partial charge in [0.25, 0.3) is 0 Å². The molecule has 0 aromatic heterocycles. The van der Waals surface area contributed by atoms with Crippen molar-refractivity contribution in [2.45, 2.75) is 52.4 Å². The maximum absolute atomic E-state index is 10.8. The topological polar surface area (TPSA) is 34.1 Å². The Balaban J connectivity index is 3.11. The molecular formula is C10H18O2. The molecule has 0 amide bonds. The summed E-state index contributed by atoms with van der Waals surface area (Å²) in [5.74, 6) is 0.578. The number of hydrogen-bond acceptors (Lipinski definition) is 2. The second-order valence-corrected chi connectivity index (χ2v) is 3.15. The number of Topliss-reactive ketones (excluding diaryl/α,β-unsaturated/α-hetero) is 2. The quantitative estimate of drug-likeness (QED) is 0.550. The Morgan fingerprint density at radius 1 is 1.00 bits per heavy atom. The van der Waals surface area contributed by atoms with Crippen LogP contribution < -0.4 is 0 Å². The fourth-order valence-corrected chi connectivity index (χ4v) is 1.05. The van der Waals surface area contributed by atoms with Crippen molar-refractivity contribution in [1.29, 1.82) is 0 Å². The first-order valence-corrected chi connectivity index (χ1v) is 4.68. The first-order chi connectivity index (χ1) is 5.66. The molecule has 0 spiro atoms. The summed E-state index contributed by atoms with van der Waals surface area (Å²) in [6, 6.07) is 0. The molecule has 70 valence electrons. The van der Waals surface area contributed by atoms with Gasteiger partial charge in [-0.15, -0.1) is 0 Å². The van der Waals surface area contributed by atoms with E-state index in [1.165, 1.54) is 0 Å². The predicted molar refractivity (Wildman–Crippen MR) is 49.1 cm³/mol. The van der Waals surface area contributed by atoms with Crippen LogP contribution in [-0.2, 0) is 9.59 Å². The Kier molecular flexibility index (Phi) is 6.63. The molecule has 2 heteroatoms. The minimum Gasteiger partial charge on any atom is -0.300 e. The van der Waals surface area contributed by atoms with Crippen molar-refractivity contribution in [2.75, 3.05) is 0 Å². The van der Waals surface area contributed by atoms with E-state index in [4.69, 9.17) is 0 Å². The number of ketones is 2. The Morgan fingerprint density at radius 2 is 1.58 bits per heavy atom. The van der Waals surface area contributed by atoms with Gasteiger partial charge in [0, 0.05) is 19.3 Å². The molecule has 0 N–H and O–H groups in total. The predicted octanol–water partition coefficient (Wildman–Crippen LogP) is 2.51. The van der Waals surface area contributed by atoms with Gasteiger partial charge in [-0.2, -0.15) is 0 Å². The fraction of sp³-hybridized carbons (Fsp3) is 0.800. The molecule has 0 aliphatic carbocycles. The molecular weight excluding hydrogens is 152 g/mol. The van der Waals surface area contributed by atoms with Gasteiger partial charge in [-0.1, -0.05) is 13.3 Å². The number of hydrogen-bond donors (Lipinski definition) is 0. The zero-order chi connectivity index (χ0) is 9.40. The summed E-state index contributed by atoms with van der Waals surface area (Å²) in [7, 11) is 0. The van der Waals surface area contributed by atoms with Crippen molar-refractivity contribution in [1.82, 2.24) is 0 Å². The van der Waals surface area contributed by atoms with E-state index in [9.17, 15) is 9.59 Å². The van der Waals surface area contributed by atoms with Crippen LogP contribution in [0.2, 0.25) is 0 Å². The van der Waals surface area contributed by atoms with Gasteiger partial charge in [0.15, 0.2) is 0 Å². The van der Waals surface area contributed by atoms with Crippen molar-refractivity contribution >= 4 is 11.6 Å². The SMILES string of the molecule is CCC(=O)CCCCCC(C)=O.